The molecular formula is C14H21NO. The van der Waals surface area contributed by atoms with Crippen LogP contribution in [0.1, 0.15) is 25.3 Å². The van der Waals surface area contributed by atoms with Crippen molar-refractivity contribution in [3.05, 3.63) is 29.8 Å². The highest BCUT2D eigenvalue weighted by atomic mass is 16.5. The number of methoxy groups -OCH3 is 1. The van der Waals surface area contributed by atoms with E-state index in [-0.39, 0.29) is 5.41 Å². The maximum absolute atomic E-state index is 5.30. The fraction of sp³-hybridized carbons (Fsp3) is 0.571. The van der Waals surface area contributed by atoms with Gasteiger partial charge >= 0.3 is 0 Å². The predicted octanol–water partition coefficient (Wildman–Crippen LogP) is 2.68. The number of hydrogen-bond acceptors (Lipinski definition) is 2. The standard InChI is InChI=1S/C14H21NO/c1-14(8-5-9-15(2)11-14)12-6-4-7-13(10-12)16-3/h4,6-7,10H,5,8-9,11H2,1-3H3/t14-/m0/s1. The van der Waals surface area contributed by atoms with E-state index in [1.165, 1.54) is 24.9 Å². The maximum Gasteiger partial charge on any atom is 0.119 e. The molecule has 0 bridgehead atoms. The van der Waals surface area contributed by atoms with Gasteiger partial charge in [0.15, 0.2) is 0 Å². The number of ether oxygens (including phenoxy) is 1. The Hall–Kier alpha value is -1.02. The van der Waals surface area contributed by atoms with Crippen LogP contribution in [0.2, 0.25) is 0 Å². The Morgan fingerprint density at radius 1 is 1.38 bits per heavy atom. The molecule has 0 amide bonds. The van der Waals surface area contributed by atoms with E-state index >= 15 is 0 Å². The average molecular weight is 219 g/mol. The highest BCUT2D eigenvalue weighted by Crippen LogP contribution is 2.34. The van der Waals surface area contributed by atoms with Gasteiger partial charge in [-0.25, -0.2) is 0 Å². The summed E-state index contributed by atoms with van der Waals surface area (Å²) in [7, 11) is 3.94. The Labute approximate surface area is 98.2 Å². The van der Waals surface area contributed by atoms with Crippen LogP contribution in [0.15, 0.2) is 24.3 Å². The van der Waals surface area contributed by atoms with Gasteiger partial charge in [0.2, 0.25) is 0 Å². The first-order valence-electron chi connectivity index (χ1n) is 5.97. The van der Waals surface area contributed by atoms with Gasteiger partial charge in [-0.2, -0.15) is 0 Å². The molecular weight excluding hydrogens is 198 g/mol. The van der Waals surface area contributed by atoms with Crippen LogP contribution in [0.25, 0.3) is 0 Å². The molecule has 0 saturated carbocycles. The minimum Gasteiger partial charge on any atom is -0.497 e. The van der Waals surface area contributed by atoms with Gasteiger partial charge in [-0.3, -0.25) is 0 Å². The van der Waals surface area contributed by atoms with Crippen LogP contribution in [0.3, 0.4) is 0 Å². The zero-order valence-corrected chi connectivity index (χ0v) is 10.5. The topological polar surface area (TPSA) is 12.5 Å². The molecule has 2 rings (SSSR count). The number of likely N-dealkylation sites (tertiary alicyclic amines) is 1. The van der Waals surface area contributed by atoms with E-state index in [2.05, 4.69) is 37.1 Å². The van der Waals surface area contributed by atoms with Crippen LogP contribution in [-0.2, 0) is 5.41 Å². The van der Waals surface area contributed by atoms with Crippen molar-refractivity contribution in [3.8, 4) is 5.75 Å². The lowest BCUT2D eigenvalue weighted by molar-refractivity contribution is 0.188. The fourth-order valence-electron chi connectivity index (χ4n) is 2.73. The van der Waals surface area contributed by atoms with E-state index in [0.717, 1.165) is 12.3 Å². The molecule has 0 aromatic heterocycles. The molecule has 16 heavy (non-hydrogen) atoms. The molecule has 0 N–H and O–H groups in total. The van der Waals surface area contributed by atoms with Crippen molar-refractivity contribution in [1.82, 2.24) is 4.90 Å². The first kappa shape index (κ1) is 11.5. The summed E-state index contributed by atoms with van der Waals surface area (Å²) in [5, 5.41) is 0. The third kappa shape index (κ3) is 2.22. The minimum atomic E-state index is 0.279. The Morgan fingerprint density at radius 2 is 2.19 bits per heavy atom. The van der Waals surface area contributed by atoms with E-state index in [0.29, 0.717) is 0 Å². The zero-order valence-electron chi connectivity index (χ0n) is 10.5. The molecule has 0 aliphatic carbocycles. The van der Waals surface area contributed by atoms with Gasteiger partial charge < -0.3 is 9.64 Å². The monoisotopic (exact) mass is 219 g/mol. The summed E-state index contributed by atoms with van der Waals surface area (Å²) >= 11 is 0. The van der Waals surface area contributed by atoms with Crippen LogP contribution in [0, 0.1) is 0 Å². The van der Waals surface area contributed by atoms with Crippen LogP contribution in [0.4, 0.5) is 0 Å². The van der Waals surface area contributed by atoms with E-state index in [1.807, 2.05) is 6.07 Å². The van der Waals surface area contributed by atoms with E-state index in [1.54, 1.807) is 7.11 Å². The molecule has 1 heterocycles. The summed E-state index contributed by atoms with van der Waals surface area (Å²) in [6.45, 7) is 4.72. The Kier molecular flexibility index (Phi) is 3.20. The molecule has 88 valence electrons. The second-order valence-corrected chi connectivity index (χ2v) is 5.13. The maximum atomic E-state index is 5.30. The number of benzene rings is 1. The normalized spacial score (nSPS) is 26.7. The third-order valence-electron chi connectivity index (χ3n) is 3.65. The molecule has 1 aliphatic heterocycles. The molecule has 1 aliphatic rings. The summed E-state index contributed by atoms with van der Waals surface area (Å²) in [4.78, 5) is 2.42. The first-order valence-corrected chi connectivity index (χ1v) is 5.97. The SMILES string of the molecule is COc1cccc([C@@]2(C)CCCN(C)C2)c1. The van der Waals surface area contributed by atoms with Crippen molar-refractivity contribution >= 4 is 0 Å². The van der Waals surface area contributed by atoms with E-state index < -0.39 is 0 Å². The molecule has 0 radical (unpaired) electrons. The molecule has 1 saturated heterocycles. The highest BCUT2D eigenvalue weighted by Gasteiger charge is 2.31. The number of rotatable bonds is 2. The Morgan fingerprint density at radius 3 is 2.88 bits per heavy atom. The van der Waals surface area contributed by atoms with Crippen molar-refractivity contribution in [2.24, 2.45) is 0 Å². The third-order valence-corrected chi connectivity index (χ3v) is 3.65. The smallest absolute Gasteiger partial charge is 0.119 e. The summed E-state index contributed by atoms with van der Waals surface area (Å²) in [6.07, 6.45) is 2.55. The summed E-state index contributed by atoms with van der Waals surface area (Å²) in [6, 6.07) is 8.51. The molecule has 1 aromatic carbocycles. The van der Waals surface area contributed by atoms with Gasteiger partial charge in [-0.15, -0.1) is 0 Å². The van der Waals surface area contributed by atoms with Crippen LogP contribution in [0.5, 0.6) is 5.75 Å². The predicted molar refractivity (Wildman–Crippen MR) is 67.1 cm³/mol. The summed E-state index contributed by atoms with van der Waals surface area (Å²) < 4.78 is 5.30. The van der Waals surface area contributed by atoms with Gasteiger partial charge in [-0.1, -0.05) is 19.1 Å². The Bertz CT molecular complexity index is 364. The van der Waals surface area contributed by atoms with Crippen molar-refractivity contribution in [1.29, 1.82) is 0 Å². The van der Waals surface area contributed by atoms with E-state index in [4.69, 9.17) is 4.74 Å². The molecule has 1 aromatic rings. The fourth-order valence-corrected chi connectivity index (χ4v) is 2.73. The molecule has 0 unspecified atom stereocenters. The largest absolute Gasteiger partial charge is 0.497 e. The first-order chi connectivity index (χ1) is 7.64. The van der Waals surface area contributed by atoms with Gasteiger partial charge in [0.05, 0.1) is 7.11 Å². The van der Waals surface area contributed by atoms with Gasteiger partial charge in [0.25, 0.3) is 0 Å². The molecule has 0 spiro atoms. The second kappa shape index (κ2) is 4.46. The van der Waals surface area contributed by atoms with Crippen molar-refractivity contribution in [3.63, 3.8) is 0 Å². The Balaban J connectivity index is 2.27. The van der Waals surface area contributed by atoms with Gasteiger partial charge in [0, 0.05) is 12.0 Å². The lowest BCUT2D eigenvalue weighted by Crippen LogP contribution is -2.42. The molecule has 1 fully saturated rings. The quantitative estimate of drug-likeness (QED) is 0.758. The van der Waals surface area contributed by atoms with E-state index in [9.17, 15) is 0 Å². The van der Waals surface area contributed by atoms with Crippen LogP contribution in [-0.4, -0.2) is 32.1 Å². The second-order valence-electron chi connectivity index (χ2n) is 5.13. The lowest BCUT2D eigenvalue weighted by Gasteiger charge is -2.39. The molecule has 2 heteroatoms. The average Bonchev–Trinajstić information content (AvgIpc) is 2.29. The summed E-state index contributed by atoms with van der Waals surface area (Å²) in [5.41, 5.74) is 1.68. The van der Waals surface area contributed by atoms with Crippen LogP contribution < -0.4 is 4.74 Å². The van der Waals surface area contributed by atoms with Crippen molar-refractivity contribution in [2.45, 2.75) is 25.2 Å². The van der Waals surface area contributed by atoms with Crippen LogP contribution >= 0.6 is 0 Å². The highest BCUT2D eigenvalue weighted by molar-refractivity contribution is 5.34. The van der Waals surface area contributed by atoms with Crippen molar-refractivity contribution in [2.75, 3.05) is 27.2 Å². The number of likely N-dealkylation sites (N-methyl/N-ethyl adjacent to an activating group) is 1. The van der Waals surface area contributed by atoms with Gasteiger partial charge in [-0.05, 0) is 44.1 Å². The number of piperidine rings is 1. The zero-order chi connectivity index (χ0) is 11.6. The summed E-state index contributed by atoms with van der Waals surface area (Å²) in [5.74, 6) is 0.965. The molecule has 2 nitrogen and oxygen atoms in total. The number of hydrogen-bond donors (Lipinski definition) is 0. The lowest BCUT2D eigenvalue weighted by atomic mass is 9.76. The minimum absolute atomic E-state index is 0.279. The molecule has 1 atom stereocenters. The number of nitrogens with zero attached hydrogens (tertiary/aromatic N) is 1. The van der Waals surface area contributed by atoms with Crippen molar-refractivity contribution < 1.29 is 4.74 Å². The van der Waals surface area contributed by atoms with Gasteiger partial charge in [0.1, 0.15) is 5.75 Å².